The molecule has 2 rings (SSSR count). The quantitative estimate of drug-likeness (QED) is 0.552. The molecule has 0 aromatic carbocycles. The molecule has 2 aliphatic rings. The molecule has 1 saturated carbocycles. The number of carbonyl (C=O) groups is 3. The molecule has 0 radical (unpaired) electrons. The summed E-state index contributed by atoms with van der Waals surface area (Å²) in [5, 5.41) is 9.53. The van der Waals surface area contributed by atoms with Gasteiger partial charge < -0.3 is 9.84 Å². The summed E-state index contributed by atoms with van der Waals surface area (Å²) in [5.41, 5.74) is 0. The van der Waals surface area contributed by atoms with Gasteiger partial charge in [0.1, 0.15) is 0 Å². The smallest absolute Gasteiger partial charge is 0.336 e. The van der Waals surface area contributed by atoms with Crippen LogP contribution < -0.4 is 0 Å². The van der Waals surface area contributed by atoms with Crippen LogP contribution in [0.15, 0.2) is 0 Å². The number of fused-ring (bicyclic) bond motifs is 1. The van der Waals surface area contributed by atoms with Crippen molar-refractivity contribution >= 4 is 17.8 Å². The van der Waals surface area contributed by atoms with Crippen LogP contribution in [0.5, 0.6) is 0 Å². The molecule has 6 heteroatoms. The first-order valence-corrected chi connectivity index (χ1v) is 6.17. The number of methoxy groups -OCH3 is 1. The molecule has 18 heavy (non-hydrogen) atoms. The number of hydrogen-bond acceptors (Lipinski definition) is 5. The highest BCUT2D eigenvalue weighted by atomic mass is 16.5. The normalized spacial score (nSPS) is 29.1. The van der Waals surface area contributed by atoms with Crippen LogP contribution in [0, 0.1) is 11.8 Å². The lowest BCUT2D eigenvalue weighted by Crippen LogP contribution is -2.41. The van der Waals surface area contributed by atoms with Crippen LogP contribution in [-0.4, -0.2) is 47.5 Å². The van der Waals surface area contributed by atoms with E-state index in [0.717, 1.165) is 37.7 Å². The summed E-state index contributed by atoms with van der Waals surface area (Å²) in [5.74, 6) is -1.85. The molecule has 1 aliphatic heterocycles. The summed E-state index contributed by atoms with van der Waals surface area (Å²) in [6.07, 6.45) is 1.89. The fraction of sp³-hybridized carbons (Fsp3) is 0.750. The van der Waals surface area contributed by atoms with Crippen LogP contribution in [0.1, 0.15) is 25.7 Å². The summed E-state index contributed by atoms with van der Waals surface area (Å²) in [7, 11) is 1.15. The SMILES string of the molecule is COC(=O)C(O)CN1C(=O)C2CCCCC2C1=O. The number of aliphatic hydroxyl groups is 1. The third-order valence-corrected chi connectivity index (χ3v) is 3.76. The molecule has 1 saturated heterocycles. The average Bonchev–Trinajstić information content (AvgIpc) is 2.63. The van der Waals surface area contributed by atoms with Gasteiger partial charge >= 0.3 is 5.97 Å². The van der Waals surface area contributed by atoms with Gasteiger partial charge in [0.2, 0.25) is 11.8 Å². The number of β-amino-alcohol motifs (C(OH)–C–C–N with tert-alkyl or cyclic N) is 1. The van der Waals surface area contributed by atoms with Crippen molar-refractivity contribution < 1.29 is 24.2 Å². The molecule has 2 amide bonds. The molecule has 6 nitrogen and oxygen atoms in total. The molecule has 0 aromatic heterocycles. The summed E-state index contributed by atoms with van der Waals surface area (Å²) in [6.45, 7) is -0.294. The third-order valence-electron chi connectivity index (χ3n) is 3.76. The zero-order valence-corrected chi connectivity index (χ0v) is 10.3. The minimum atomic E-state index is -1.46. The minimum Gasteiger partial charge on any atom is -0.467 e. The Bertz CT molecular complexity index is 357. The van der Waals surface area contributed by atoms with Gasteiger partial charge in [0.15, 0.2) is 6.10 Å². The standard InChI is InChI=1S/C12H17NO5/c1-18-12(17)9(14)6-13-10(15)7-4-2-3-5-8(7)11(13)16/h7-9,14H,2-6H2,1H3. The van der Waals surface area contributed by atoms with Gasteiger partial charge in [-0.25, -0.2) is 4.79 Å². The molecular formula is C12H17NO5. The van der Waals surface area contributed by atoms with Gasteiger partial charge in [-0.3, -0.25) is 14.5 Å². The van der Waals surface area contributed by atoms with Gasteiger partial charge in [0, 0.05) is 0 Å². The van der Waals surface area contributed by atoms with Crippen LogP contribution in [0.25, 0.3) is 0 Å². The highest BCUT2D eigenvalue weighted by Gasteiger charge is 2.48. The van der Waals surface area contributed by atoms with Crippen molar-refractivity contribution in [2.45, 2.75) is 31.8 Å². The van der Waals surface area contributed by atoms with Crippen LogP contribution in [0.2, 0.25) is 0 Å². The molecule has 100 valence electrons. The summed E-state index contributed by atoms with van der Waals surface area (Å²) < 4.78 is 4.37. The van der Waals surface area contributed by atoms with Gasteiger partial charge in [-0.15, -0.1) is 0 Å². The predicted octanol–water partition coefficient (Wildman–Crippen LogP) is -0.305. The van der Waals surface area contributed by atoms with E-state index in [1.54, 1.807) is 0 Å². The number of hydrogen-bond donors (Lipinski definition) is 1. The van der Waals surface area contributed by atoms with Crippen molar-refractivity contribution in [2.75, 3.05) is 13.7 Å². The zero-order valence-electron chi connectivity index (χ0n) is 10.3. The second-order valence-electron chi connectivity index (χ2n) is 4.82. The fourth-order valence-electron chi connectivity index (χ4n) is 2.79. The molecule has 1 N–H and O–H groups in total. The van der Waals surface area contributed by atoms with E-state index in [0.29, 0.717) is 0 Å². The van der Waals surface area contributed by atoms with Crippen LogP contribution in [-0.2, 0) is 19.1 Å². The van der Waals surface area contributed by atoms with Crippen LogP contribution >= 0.6 is 0 Å². The maximum atomic E-state index is 12.0. The van der Waals surface area contributed by atoms with Crippen molar-refractivity contribution in [3.8, 4) is 0 Å². The lowest BCUT2D eigenvalue weighted by molar-refractivity contribution is -0.153. The van der Waals surface area contributed by atoms with Crippen molar-refractivity contribution in [3.63, 3.8) is 0 Å². The minimum absolute atomic E-state index is 0.254. The van der Waals surface area contributed by atoms with E-state index in [1.807, 2.05) is 0 Å². The highest BCUT2D eigenvalue weighted by Crippen LogP contribution is 2.37. The number of likely N-dealkylation sites (tertiary alicyclic amines) is 1. The molecule has 3 unspecified atom stereocenters. The number of esters is 1. The number of nitrogens with zero attached hydrogens (tertiary/aromatic N) is 1. The Balaban J connectivity index is 2.07. The van der Waals surface area contributed by atoms with Gasteiger partial charge in [-0.1, -0.05) is 12.8 Å². The maximum absolute atomic E-state index is 12.0. The first-order chi connectivity index (χ1) is 8.56. The Morgan fingerprint density at radius 2 is 1.83 bits per heavy atom. The Hall–Kier alpha value is -1.43. The Morgan fingerprint density at radius 3 is 2.28 bits per heavy atom. The van der Waals surface area contributed by atoms with Crippen LogP contribution in [0.4, 0.5) is 0 Å². The molecule has 0 bridgehead atoms. The molecule has 2 fully saturated rings. The van der Waals surface area contributed by atoms with E-state index in [-0.39, 0.29) is 30.2 Å². The summed E-state index contributed by atoms with van der Waals surface area (Å²) in [4.78, 5) is 36.2. The topological polar surface area (TPSA) is 83.9 Å². The van der Waals surface area contributed by atoms with Crippen molar-refractivity contribution in [1.29, 1.82) is 0 Å². The van der Waals surface area contributed by atoms with E-state index < -0.39 is 12.1 Å². The average molecular weight is 255 g/mol. The Kier molecular flexibility index (Phi) is 3.65. The van der Waals surface area contributed by atoms with Gasteiger partial charge in [-0.2, -0.15) is 0 Å². The number of carbonyl (C=O) groups excluding carboxylic acids is 3. The first-order valence-electron chi connectivity index (χ1n) is 6.17. The van der Waals surface area contributed by atoms with E-state index in [2.05, 4.69) is 4.74 Å². The van der Waals surface area contributed by atoms with Gasteiger partial charge in [0.25, 0.3) is 0 Å². The fourth-order valence-corrected chi connectivity index (χ4v) is 2.79. The second kappa shape index (κ2) is 5.06. The van der Waals surface area contributed by atoms with Gasteiger partial charge in [-0.05, 0) is 12.8 Å². The lowest BCUT2D eigenvalue weighted by atomic mass is 9.81. The Morgan fingerprint density at radius 1 is 1.33 bits per heavy atom. The predicted molar refractivity (Wildman–Crippen MR) is 60.2 cm³/mol. The van der Waals surface area contributed by atoms with E-state index in [1.165, 1.54) is 0 Å². The van der Waals surface area contributed by atoms with Crippen LogP contribution in [0.3, 0.4) is 0 Å². The van der Waals surface area contributed by atoms with Crippen molar-refractivity contribution in [3.05, 3.63) is 0 Å². The van der Waals surface area contributed by atoms with E-state index in [9.17, 15) is 19.5 Å². The number of amides is 2. The second-order valence-corrected chi connectivity index (χ2v) is 4.82. The van der Waals surface area contributed by atoms with E-state index in [4.69, 9.17) is 0 Å². The number of aliphatic hydroxyl groups excluding tert-OH is 1. The molecule has 3 atom stereocenters. The number of rotatable bonds is 3. The van der Waals surface area contributed by atoms with Crippen molar-refractivity contribution in [2.24, 2.45) is 11.8 Å². The van der Waals surface area contributed by atoms with Gasteiger partial charge in [0.05, 0.1) is 25.5 Å². The highest BCUT2D eigenvalue weighted by molar-refractivity contribution is 6.05. The Labute approximate surface area is 105 Å². The zero-order chi connectivity index (χ0) is 13.3. The molecular weight excluding hydrogens is 238 g/mol. The number of imide groups is 1. The summed E-state index contributed by atoms with van der Waals surface area (Å²) >= 11 is 0. The lowest BCUT2D eigenvalue weighted by Gasteiger charge is -2.19. The largest absolute Gasteiger partial charge is 0.467 e. The summed E-state index contributed by atoms with van der Waals surface area (Å²) in [6, 6.07) is 0. The third kappa shape index (κ3) is 2.12. The molecule has 1 heterocycles. The first kappa shape index (κ1) is 13.0. The molecule has 0 spiro atoms. The van der Waals surface area contributed by atoms with E-state index >= 15 is 0 Å². The molecule has 0 aromatic rings. The number of ether oxygens (including phenoxy) is 1. The monoisotopic (exact) mass is 255 g/mol. The molecule has 1 aliphatic carbocycles. The van der Waals surface area contributed by atoms with Crippen molar-refractivity contribution in [1.82, 2.24) is 4.90 Å². The maximum Gasteiger partial charge on any atom is 0.336 e.